The van der Waals surface area contributed by atoms with Crippen LogP contribution in [0, 0.1) is 63.2 Å². The van der Waals surface area contributed by atoms with E-state index in [2.05, 4.69) is 21.3 Å². The molecule has 0 aromatic rings. The number of methoxy groups -OCH3 is 2. The predicted octanol–water partition coefficient (Wildman–Crippen LogP) is -0.497. The fraction of sp³-hybridized carbons (Fsp3) is 0.385. The van der Waals surface area contributed by atoms with E-state index in [-0.39, 0.29) is 11.5 Å². The first kappa shape index (κ1) is 33.7. The van der Waals surface area contributed by atoms with Gasteiger partial charge in [-0.1, -0.05) is 21.6 Å². The zero-order chi connectivity index (χ0) is 29.7. The van der Waals surface area contributed by atoms with Gasteiger partial charge in [0.25, 0.3) is 0 Å². The number of carbonyl (C=O) groups excluding carboxylic acids is 6. The SMILES string of the molecule is COC(=O)[C@H](CSSC[C@H](NC(=O)[C@H](C)NC(=O)[C]1[CH][CH][CH][CH]1)C(=O)OC)NC(=O)[C@H](C)NC(=O)[C]1[CH][CH][CH][CH]1. The van der Waals surface area contributed by atoms with Crippen LogP contribution in [0.1, 0.15) is 13.8 Å². The van der Waals surface area contributed by atoms with Gasteiger partial charge in [-0.05, 0) is 65.2 Å². The molecule has 12 nitrogen and oxygen atoms in total. The van der Waals surface area contributed by atoms with Crippen molar-refractivity contribution in [2.24, 2.45) is 0 Å². The summed E-state index contributed by atoms with van der Waals surface area (Å²) in [6.07, 6.45) is 13.2. The van der Waals surface area contributed by atoms with Crippen molar-refractivity contribution in [2.45, 2.75) is 38.0 Å². The molecule has 2 fully saturated rings. The van der Waals surface area contributed by atoms with Crippen molar-refractivity contribution >= 4 is 57.2 Å². The first-order valence-electron chi connectivity index (χ1n) is 12.1. The van der Waals surface area contributed by atoms with Gasteiger partial charge < -0.3 is 30.7 Å². The molecule has 2 aliphatic rings. The Labute approximate surface area is 243 Å². The number of rotatable bonds is 15. The third-order valence-corrected chi connectivity index (χ3v) is 7.91. The molecular weight excluding hydrogens is 560 g/mol. The van der Waals surface area contributed by atoms with E-state index in [1.165, 1.54) is 28.1 Å². The van der Waals surface area contributed by atoms with Crippen molar-refractivity contribution in [3.8, 4) is 0 Å². The molecule has 0 heterocycles. The van der Waals surface area contributed by atoms with Crippen LogP contribution in [0.2, 0.25) is 0 Å². The molecule has 216 valence electrons. The Kier molecular flexibility index (Phi) is 14.6. The molecule has 2 aliphatic carbocycles. The van der Waals surface area contributed by atoms with Crippen molar-refractivity contribution in [2.75, 3.05) is 25.7 Å². The molecule has 4 N–H and O–H groups in total. The van der Waals surface area contributed by atoms with Crippen LogP contribution >= 0.6 is 21.6 Å². The zero-order valence-electron chi connectivity index (χ0n) is 22.4. The molecule has 0 saturated heterocycles. The summed E-state index contributed by atoms with van der Waals surface area (Å²) >= 11 is 0. The normalized spacial score (nSPS) is 18.6. The minimum Gasteiger partial charge on any atom is -0.467 e. The second kappa shape index (κ2) is 17.4. The van der Waals surface area contributed by atoms with Gasteiger partial charge in [-0.25, -0.2) is 9.59 Å². The van der Waals surface area contributed by atoms with Crippen LogP contribution in [0.15, 0.2) is 0 Å². The maximum absolute atomic E-state index is 12.6. The number of esters is 2. The highest BCUT2D eigenvalue weighted by Gasteiger charge is 2.31. The van der Waals surface area contributed by atoms with Crippen LogP contribution in [0.5, 0.6) is 0 Å². The Balaban J connectivity index is 1.83. The summed E-state index contributed by atoms with van der Waals surface area (Å²) in [7, 11) is 4.67. The Hall–Kier alpha value is -2.48. The number of hydrogen-bond acceptors (Lipinski definition) is 10. The lowest BCUT2D eigenvalue weighted by Gasteiger charge is -2.22. The van der Waals surface area contributed by atoms with Gasteiger partial charge in [-0.2, -0.15) is 0 Å². The Morgan fingerprint density at radius 3 is 1.25 bits per heavy atom. The maximum Gasteiger partial charge on any atom is 0.329 e. The summed E-state index contributed by atoms with van der Waals surface area (Å²) in [5.74, 6) is -2.46. The molecule has 40 heavy (non-hydrogen) atoms. The zero-order valence-corrected chi connectivity index (χ0v) is 24.1. The molecular formula is C26H32N4O8S2. The second-order valence-electron chi connectivity index (χ2n) is 8.48. The molecule has 0 spiro atoms. The van der Waals surface area contributed by atoms with Gasteiger partial charge >= 0.3 is 11.9 Å². The Bertz CT molecular complexity index is 837. The van der Waals surface area contributed by atoms with Crippen LogP contribution in [-0.2, 0) is 38.2 Å². The highest BCUT2D eigenvalue weighted by Crippen LogP contribution is 2.25. The third-order valence-electron chi connectivity index (χ3n) is 5.49. The van der Waals surface area contributed by atoms with Gasteiger partial charge in [0.15, 0.2) is 0 Å². The average Bonchev–Trinajstić information content (AvgIpc) is 3.68. The number of carbonyl (C=O) groups is 6. The lowest BCUT2D eigenvalue weighted by Crippen LogP contribution is -2.52. The van der Waals surface area contributed by atoms with Crippen molar-refractivity contribution in [1.82, 2.24) is 21.3 Å². The maximum atomic E-state index is 12.6. The molecule has 0 aliphatic heterocycles. The molecule has 0 aromatic carbocycles. The molecule has 4 atom stereocenters. The smallest absolute Gasteiger partial charge is 0.329 e. The van der Waals surface area contributed by atoms with Crippen LogP contribution < -0.4 is 21.3 Å². The second-order valence-corrected chi connectivity index (χ2v) is 11.0. The highest BCUT2D eigenvalue weighted by molar-refractivity contribution is 8.76. The highest BCUT2D eigenvalue weighted by atomic mass is 33.1. The fourth-order valence-corrected chi connectivity index (χ4v) is 5.49. The number of hydrogen-bond donors (Lipinski definition) is 4. The predicted molar refractivity (Wildman–Crippen MR) is 149 cm³/mol. The first-order chi connectivity index (χ1) is 19.1. The van der Waals surface area contributed by atoms with E-state index in [9.17, 15) is 28.8 Å². The largest absolute Gasteiger partial charge is 0.467 e. The summed E-state index contributed by atoms with van der Waals surface area (Å²) in [4.78, 5) is 74.1. The van der Waals surface area contributed by atoms with Crippen molar-refractivity contribution in [3.63, 3.8) is 0 Å². The molecule has 0 bridgehead atoms. The Morgan fingerprint density at radius 1 is 0.625 bits per heavy atom. The van der Waals surface area contributed by atoms with E-state index in [4.69, 9.17) is 9.47 Å². The van der Waals surface area contributed by atoms with Gasteiger partial charge in [0.2, 0.25) is 23.6 Å². The first-order valence-corrected chi connectivity index (χ1v) is 14.6. The monoisotopic (exact) mass is 592 g/mol. The van der Waals surface area contributed by atoms with E-state index in [0.717, 1.165) is 21.6 Å². The molecule has 0 aromatic heterocycles. The van der Waals surface area contributed by atoms with Gasteiger partial charge in [0.05, 0.1) is 26.1 Å². The molecule has 14 heteroatoms. The van der Waals surface area contributed by atoms with Gasteiger partial charge in [-0.15, -0.1) is 0 Å². The lowest BCUT2D eigenvalue weighted by atomic mass is 10.1. The third kappa shape index (κ3) is 10.8. The van der Waals surface area contributed by atoms with Crippen molar-refractivity contribution in [3.05, 3.63) is 63.2 Å². The summed E-state index contributed by atoms with van der Waals surface area (Å²) in [5.41, 5.74) is 0. The summed E-state index contributed by atoms with van der Waals surface area (Å²) < 4.78 is 9.55. The van der Waals surface area contributed by atoms with E-state index >= 15 is 0 Å². The van der Waals surface area contributed by atoms with E-state index in [1.54, 1.807) is 51.4 Å². The lowest BCUT2D eigenvalue weighted by molar-refractivity contribution is -0.145. The summed E-state index contributed by atoms with van der Waals surface area (Å²) in [6, 6.07) is -3.92. The minimum absolute atomic E-state index is 0.0700. The van der Waals surface area contributed by atoms with Crippen LogP contribution in [0.3, 0.4) is 0 Å². The Morgan fingerprint density at radius 2 is 0.950 bits per heavy atom. The number of nitrogens with one attached hydrogen (secondary N) is 4. The molecule has 4 amide bonds. The molecule has 2 saturated carbocycles. The average molecular weight is 593 g/mol. The molecule has 2 rings (SSSR count). The van der Waals surface area contributed by atoms with Gasteiger partial charge in [0, 0.05) is 11.5 Å². The fourth-order valence-electron chi connectivity index (χ4n) is 3.19. The van der Waals surface area contributed by atoms with Crippen molar-refractivity contribution < 1.29 is 38.2 Å². The van der Waals surface area contributed by atoms with Gasteiger partial charge in [-0.3, -0.25) is 19.2 Å². The van der Waals surface area contributed by atoms with E-state index in [0.29, 0.717) is 11.8 Å². The van der Waals surface area contributed by atoms with Crippen LogP contribution in [-0.4, -0.2) is 85.5 Å². The van der Waals surface area contributed by atoms with Crippen LogP contribution in [0.25, 0.3) is 0 Å². The van der Waals surface area contributed by atoms with Crippen molar-refractivity contribution in [1.29, 1.82) is 0 Å². The van der Waals surface area contributed by atoms with E-state index < -0.39 is 59.7 Å². The summed E-state index contributed by atoms with van der Waals surface area (Å²) in [6.45, 7) is 2.97. The van der Waals surface area contributed by atoms with Gasteiger partial charge in [0.1, 0.15) is 24.2 Å². The topological polar surface area (TPSA) is 169 Å². The number of ether oxygens (including phenoxy) is 2. The minimum atomic E-state index is -1.04. The van der Waals surface area contributed by atoms with Crippen LogP contribution in [0.4, 0.5) is 0 Å². The number of amides is 4. The quantitative estimate of drug-likeness (QED) is 0.111. The molecule has 10 radical (unpaired) electrons. The molecule has 0 unspecified atom stereocenters. The standard InChI is InChI=1S/C26H32N4O8S2/c1-15(27-23(33)17-9-5-6-10-17)21(31)29-19(25(35)37-3)13-39-40-14-20(26(36)38-4)30-22(32)16(2)28-24(34)18-11-7-8-12-18/h5-12,15-16,19-20H,13-14H2,1-4H3,(H,27,33)(H,28,34)(H,29,31)(H,30,32)/t15-,16-,19-,20-/m0/s1. The summed E-state index contributed by atoms with van der Waals surface area (Å²) in [5, 5.41) is 10.2. The van der Waals surface area contributed by atoms with E-state index in [1.807, 2.05) is 0 Å².